The van der Waals surface area contributed by atoms with Crippen LogP contribution in [0.4, 0.5) is 5.82 Å². The van der Waals surface area contributed by atoms with E-state index in [1.807, 2.05) is 18.7 Å². The number of rotatable bonds is 4. The van der Waals surface area contributed by atoms with Crippen molar-refractivity contribution >= 4 is 11.8 Å². The van der Waals surface area contributed by atoms with Crippen molar-refractivity contribution in [1.29, 1.82) is 0 Å². The average Bonchev–Trinajstić information content (AvgIpc) is 2.25. The van der Waals surface area contributed by atoms with Crippen molar-refractivity contribution in [3.63, 3.8) is 0 Å². The summed E-state index contributed by atoms with van der Waals surface area (Å²) in [5.41, 5.74) is 0.174. The first-order valence-electron chi connectivity index (χ1n) is 4.95. The second-order valence-electron chi connectivity index (χ2n) is 3.64. The molecule has 1 N–H and O–H groups in total. The molecule has 0 aliphatic carbocycles. The number of hydrogen-bond donors (Lipinski definition) is 1. The van der Waals surface area contributed by atoms with Crippen molar-refractivity contribution in [3.8, 4) is 12.3 Å². The molecule has 0 aliphatic heterocycles. The van der Waals surface area contributed by atoms with Crippen LogP contribution < -0.4 is 4.90 Å². The van der Waals surface area contributed by atoms with Crippen LogP contribution in [-0.4, -0.2) is 28.6 Å². The van der Waals surface area contributed by atoms with Crippen LogP contribution in [0.1, 0.15) is 24.2 Å². The van der Waals surface area contributed by atoms with Gasteiger partial charge in [-0.1, -0.05) is 5.92 Å². The van der Waals surface area contributed by atoms with Gasteiger partial charge in [0, 0.05) is 12.2 Å². The molecule has 0 fully saturated rings. The summed E-state index contributed by atoms with van der Waals surface area (Å²) >= 11 is 0. The summed E-state index contributed by atoms with van der Waals surface area (Å²) in [5, 5.41) is 8.74. The maximum absolute atomic E-state index is 10.7. The molecule has 0 unspecified atom stereocenters. The molecule has 0 aromatic carbocycles. The van der Waals surface area contributed by atoms with Crippen molar-refractivity contribution in [2.75, 3.05) is 11.4 Å². The van der Waals surface area contributed by atoms with Crippen LogP contribution in [-0.2, 0) is 0 Å². The summed E-state index contributed by atoms with van der Waals surface area (Å²) in [5.74, 6) is 2.27. The molecule has 84 valence electrons. The fourth-order valence-corrected chi connectivity index (χ4v) is 1.31. The standard InChI is InChI=1S/C12H14N2O2/c1-4-7-14(9(2)3)11-6-5-10(8-13-11)12(15)16/h1,5-6,8-9H,7H2,2-3H3,(H,15,16). The number of nitrogens with zero attached hydrogens (tertiary/aromatic N) is 2. The first-order chi connectivity index (χ1) is 7.56. The second kappa shape index (κ2) is 5.17. The van der Waals surface area contributed by atoms with E-state index in [1.165, 1.54) is 12.3 Å². The smallest absolute Gasteiger partial charge is 0.337 e. The Balaban J connectivity index is 2.95. The van der Waals surface area contributed by atoms with Gasteiger partial charge in [0.15, 0.2) is 0 Å². The summed E-state index contributed by atoms with van der Waals surface area (Å²) < 4.78 is 0. The molecule has 0 spiro atoms. The van der Waals surface area contributed by atoms with E-state index in [2.05, 4.69) is 10.9 Å². The van der Waals surface area contributed by atoms with E-state index in [4.69, 9.17) is 11.5 Å². The van der Waals surface area contributed by atoms with Gasteiger partial charge in [-0.2, -0.15) is 0 Å². The second-order valence-corrected chi connectivity index (χ2v) is 3.64. The zero-order valence-electron chi connectivity index (χ0n) is 9.34. The lowest BCUT2D eigenvalue weighted by Crippen LogP contribution is -2.31. The molecule has 0 saturated heterocycles. The van der Waals surface area contributed by atoms with Crippen LogP contribution in [0.15, 0.2) is 18.3 Å². The fourth-order valence-electron chi connectivity index (χ4n) is 1.31. The molecular formula is C12H14N2O2. The first-order valence-corrected chi connectivity index (χ1v) is 4.95. The number of carbonyl (C=O) groups is 1. The van der Waals surface area contributed by atoms with E-state index in [0.29, 0.717) is 12.4 Å². The molecular weight excluding hydrogens is 204 g/mol. The topological polar surface area (TPSA) is 53.4 Å². The minimum atomic E-state index is -0.980. The van der Waals surface area contributed by atoms with Crippen LogP contribution in [0, 0.1) is 12.3 Å². The van der Waals surface area contributed by atoms with E-state index >= 15 is 0 Å². The largest absolute Gasteiger partial charge is 0.478 e. The summed E-state index contributed by atoms with van der Waals surface area (Å²) in [7, 11) is 0. The Labute approximate surface area is 94.9 Å². The van der Waals surface area contributed by atoms with Gasteiger partial charge in [0.25, 0.3) is 0 Å². The van der Waals surface area contributed by atoms with Gasteiger partial charge in [-0.3, -0.25) is 0 Å². The summed E-state index contributed by atoms with van der Waals surface area (Å²) in [4.78, 5) is 16.7. The van der Waals surface area contributed by atoms with Gasteiger partial charge >= 0.3 is 5.97 Å². The lowest BCUT2D eigenvalue weighted by Gasteiger charge is -2.25. The number of carboxylic acid groups (broad SMARTS) is 1. The number of anilines is 1. The number of pyridine rings is 1. The minimum Gasteiger partial charge on any atom is -0.478 e. The SMILES string of the molecule is C#CCN(c1ccc(C(=O)O)cn1)C(C)C. The van der Waals surface area contributed by atoms with Gasteiger partial charge in [-0.15, -0.1) is 6.42 Å². The highest BCUT2D eigenvalue weighted by Gasteiger charge is 2.11. The van der Waals surface area contributed by atoms with Crippen LogP contribution in [0.2, 0.25) is 0 Å². The summed E-state index contributed by atoms with van der Waals surface area (Å²) in [6, 6.07) is 3.41. The monoisotopic (exact) mass is 218 g/mol. The molecule has 0 bridgehead atoms. The van der Waals surface area contributed by atoms with Crippen LogP contribution >= 0.6 is 0 Å². The van der Waals surface area contributed by atoms with Crippen LogP contribution in [0.25, 0.3) is 0 Å². The Hall–Kier alpha value is -2.02. The van der Waals surface area contributed by atoms with Crippen molar-refractivity contribution in [1.82, 2.24) is 4.98 Å². The predicted octanol–water partition coefficient (Wildman–Crippen LogP) is 1.63. The molecule has 0 amide bonds. The Morgan fingerprint density at radius 2 is 2.31 bits per heavy atom. The predicted molar refractivity (Wildman–Crippen MR) is 62.5 cm³/mol. The molecule has 0 aliphatic rings. The third kappa shape index (κ3) is 2.74. The zero-order chi connectivity index (χ0) is 12.1. The van der Waals surface area contributed by atoms with Gasteiger partial charge in [-0.25, -0.2) is 9.78 Å². The molecule has 1 aromatic rings. The average molecular weight is 218 g/mol. The van der Waals surface area contributed by atoms with Crippen molar-refractivity contribution in [2.24, 2.45) is 0 Å². The number of terminal acetylenes is 1. The van der Waals surface area contributed by atoms with Crippen LogP contribution in [0.5, 0.6) is 0 Å². The molecule has 1 aromatic heterocycles. The number of aromatic carboxylic acids is 1. The maximum atomic E-state index is 10.7. The van der Waals surface area contributed by atoms with Gasteiger partial charge in [0.05, 0.1) is 12.1 Å². The van der Waals surface area contributed by atoms with Crippen molar-refractivity contribution in [2.45, 2.75) is 19.9 Å². The van der Waals surface area contributed by atoms with E-state index in [-0.39, 0.29) is 11.6 Å². The highest BCUT2D eigenvalue weighted by molar-refractivity contribution is 5.87. The van der Waals surface area contributed by atoms with Gasteiger partial charge in [-0.05, 0) is 26.0 Å². The van der Waals surface area contributed by atoms with E-state index in [1.54, 1.807) is 6.07 Å². The molecule has 4 heteroatoms. The number of aromatic nitrogens is 1. The molecule has 0 atom stereocenters. The maximum Gasteiger partial charge on any atom is 0.337 e. The molecule has 1 heterocycles. The molecule has 0 radical (unpaired) electrons. The van der Waals surface area contributed by atoms with Crippen molar-refractivity contribution < 1.29 is 9.90 Å². The Morgan fingerprint density at radius 3 is 2.69 bits per heavy atom. The highest BCUT2D eigenvalue weighted by Crippen LogP contribution is 2.13. The quantitative estimate of drug-likeness (QED) is 0.780. The van der Waals surface area contributed by atoms with E-state index in [0.717, 1.165) is 0 Å². The van der Waals surface area contributed by atoms with Crippen molar-refractivity contribution in [3.05, 3.63) is 23.9 Å². The minimum absolute atomic E-state index is 0.174. The van der Waals surface area contributed by atoms with Gasteiger partial charge in [0.2, 0.25) is 0 Å². The van der Waals surface area contributed by atoms with E-state index in [9.17, 15) is 4.79 Å². The molecule has 16 heavy (non-hydrogen) atoms. The molecule has 4 nitrogen and oxygen atoms in total. The van der Waals surface area contributed by atoms with Gasteiger partial charge in [0.1, 0.15) is 5.82 Å². The molecule has 0 saturated carbocycles. The summed E-state index contributed by atoms with van der Waals surface area (Å²) in [6.45, 7) is 4.46. The Morgan fingerprint density at radius 1 is 1.62 bits per heavy atom. The normalized spacial score (nSPS) is 9.88. The fraction of sp³-hybridized carbons (Fsp3) is 0.333. The lowest BCUT2D eigenvalue weighted by molar-refractivity contribution is 0.0696. The number of hydrogen-bond acceptors (Lipinski definition) is 3. The molecule has 1 rings (SSSR count). The Bertz CT molecular complexity index is 404. The third-order valence-corrected chi connectivity index (χ3v) is 2.17. The highest BCUT2D eigenvalue weighted by atomic mass is 16.4. The van der Waals surface area contributed by atoms with Crippen LogP contribution in [0.3, 0.4) is 0 Å². The summed E-state index contributed by atoms with van der Waals surface area (Å²) in [6.07, 6.45) is 6.61. The van der Waals surface area contributed by atoms with Gasteiger partial charge < -0.3 is 10.0 Å². The first kappa shape index (κ1) is 12.1. The van der Waals surface area contributed by atoms with E-state index < -0.39 is 5.97 Å². The third-order valence-electron chi connectivity index (χ3n) is 2.17. The Kier molecular flexibility index (Phi) is 3.90. The number of carboxylic acids is 1. The zero-order valence-corrected chi connectivity index (χ0v) is 9.34. The lowest BCUT2D eigenvalue weighted by atomic mass is 10.2.